The van der Waals surface area contributed by atoms with E-state index in [1.807, 2.05) is 17.0 Å². The van der Waals surface area contributed by atoms with E-state index in [-0.39, 0.29) is 55.6 Å². The van der Waals surface area contributed by atoms with Gasteiger partial charge < -0.3 is 24.8 Å². The third-order valence-corrected chi connectivity index (χ3v) is 5.84. The summed E-state index contributed by atoms with van der Waals surface area (Å²) in [5, 5.41) is 13.1. The van der Waals surface area contributed by atoms with Gasteiger partial charge >= 0.3 is 0 Å². The molecule has 0 aromatic carbocycles. The van der Waals surface area contributed by atoms with Gasteiger partial charge in [0.15, 0.2) is 0 Å². The number of pyridine rings is 1. The molecule has 0 radical (unpaired) electrons. The number of nitrogens with zero attached hydrogens (tertiary/aromatic N) is 2. The van der Waals surface area contributed by atoms with E-state index in [2.05, 4.69) is 10.3 Å². The third-order valence-electron chi connectivity index (χ3n) is 5.84. The zero-order valence-corrected chi connectivity index (χ0v) is 16.5. The lowest BCUT2D eigenvalue weighted by atomic mass is 9.94. The number of ether oxygens (including phenoxy) is 2. The van der Waals surface area contributed by atoms with Gasteiger partial charge in [-0.2, -0.15) is 0 Å². The number of amides is 2. The summed E-state index contributed by atoms with van der Waals surface area (Å²) in [4.78, 5) is 30.9. The number of carbonyl (C=O) groups excluding carboxylic acids is 2. The van der Waals surface area contributed by atoms with Crippen molar-refractivity contribution in [2.75, 3.05) is 19.8 Å². The van der Waals surface area contributed by atoms with E-state index in [9.17, 15) is 14.7 Å². The molecule has 0 unspecified atom stereocenters. The Kier molecular flexibility index (Phi) is 6.42. The first-order valence-electron chi connectivity index (χ1n) is 10.5. The molecule has 3 aliphatic rings. The van der Waals surface area contributed by atoms with E-state index < -0.39 is 6.10 Å². The van der Waals surface area contributed by atoms with E-state index >= 15 is 0 Å². The summed E-state index contributed by atoms with van der Waals surface area (Å²) in [6.45, 7) is 1.27. The van der Waals surface area contributed by atoms with Crippen molar-refractivity contribution in [3.05, 3.63) is 30.1 Å². The molecular weight excluding hydrogens is 374 g/mol. The molecule has 0 bridgehead atoms. The van der Waals surface area contributed by atoms with Crippen molar-refractivity contribution in [1.82, 2.24) is 15.2 Å². The second kappa shape index (κ2) is 9.19. The van der Waals surface area contributed by atoms with E-state index in [0.29, 0.717) is 19.6 Å². The van der Waals surface area contributed by atoms with Crippen molar-refractivity contribution < 1.29 is 24.2 Å². The number of β-amino-alcohol motifs (C(OH)–C–C–N with tert-alkyl or cyclic N) is 1. The molecule has 1 saturated carbocycles. The van der Waals surface area contributed by atoms with E-state index in [4.69, 9.17) is 9.47 Å². The Morgan fingerprint density at radius 1 is 1.17 bits per heavy atom. The zero-order valence-electron chi connectivity index (χ0n) is 16.5. The minimum atomic E-state index is -0.671. The predicted molar refractivity (Wildman–Crippen MR) is 104 cm³/mol. The number of aliphatic hydroxyl groups excluding tert-OH is 1. The number of aliphatic hydroxyl groups is 1. The third kappa shape index (κ3) is 5.32. The van der Waals surface area contributed by atoms with Crippen molar-refractivity contribution in [2.45, 2.75) is 63.0 Å². The highest BCUT2D eigenvalue weighted by molar-refractivity contribution is 5.81. The average Bonchev–Trinajstić information content (AvgIpc) is 3.55. The minimum absolute atomic E-state index is 0.0571. The average molecular weight is 403 g/mol. The van der Waals surface area contributed by atoms with Crippen molar-refractivity contribution in [2.24, 2.45) is 5.92 Å². The van der Waals surface area contributed by atoms with Crippen molar-refractivity contribution in [3.8, 4) is 0 Å². The summed E-state index contributed by atoms with van der Waals surface area (Å²) in [6, 6.07) is 3.63. The molecule has 2 N–H and O–H groups in total. The normalized spacial score (nSPS) is 30.0. The van der Waals surface area contributed by atoms with Crippen LogP contribution in [0.15, 0.2) is 24.5 Å². The van der Waals surface area contributed by atoms with Crippen LogP contribution in [0.3, 0.4) is 0 Å². The van der Waals surface area contributed by atoms with Gasteiger partial charge in [-0.15, -0.1) is 0 Å². The molecule has 4 rings (SSSR count). The summed E-state index contributed by atoms with van der Waals surface area (Å²) in [5.41, 5.74) is 0.999. The van der Waals surface area contributed by atoms with Crippen molar-refractivity contribution >= 4 is 11.8 Å². The fourth-order valence-electron chi connectivity index (χ4n) is 4.14. The number of hydrogen-bond acceptors (Lipinski definition) is 6. The van der Waals surface area contributed by atoms with Gasteiger partial charge in [0.05, 0.1) is 37.9 Å². The quantitative estimate of drug-likeness (QED) is 0.748. The van der Waals surface area contributed by atoms with Crippen LogP contribution in [0.25, 0.3) is 0 Å². The maximum atomic E-state index is 12.8. The molecular formula is C21H29N3O5. The van der Waals surface area contributed by atoms with Gasteiger partial charge in [0.25, 0.3) is 0 Å². The van der Waals surface area contributed by atoms with Crippen LogP contribution < -0.4 is 5.32 Å². The molecule has 1 aromatic heterocycles. The van der Waals surface area contributed by atoms with Crippen LogP contribution >= 0.6 is 0 Å². The van der Waals surface area contributed by atoms with Gasteiger partial charge in [0, 0.05) is 31.4 Å². The molecule has 1 aliphatic carbocycles. The van der Waals surface area contributed by atoms with Crippen LogP contribution in [0, 0.1) is 5.92 Å². The number of nitrogens with one attached hydrogen (secondary N) is 1. The lowest BCUT2D eigenvalue weighted by molar-refractivity contribution is -0.170. The first kappa shape index (κ1) is 20.3. The Morgan fingerprint density at radius 3 is 2.72 bits per heavy atom. The van der Waals surface area contributed by atoms with Crippen molar-refractivity contribution in [1.29, 1.82) is 0 Å². The summed E-state index contributed by atoms with van der Waals surface area (Å²) >= 11 is 0. The highest BCUT2D eigenvalue weighted by Crippen LogP contribution is 2.35. The molecule has 1 aromatic rings. The number of fused-ring (bicyclic) bond motifs is 1. The molecule has 29 heavy (non-hydrogen) atoms. The van der Waals surface area contributed by atoms with Gasteiger partial charge in [0.1, 0.15) is 6.10 Å². The number of rotatable bonds is 5. The second-order valence-corrected chi connectivity index (χ2v) is 8.23. The van der Waals surface area contributed by atoms with Crippen LogP contribution in [-0.2, 0) is 25.6 Å². The van der Waals surface area contributed by atoms with Crippen LogP contribution in [0.1, 0.15) is 37.7 Å². The van der Waals surface area contributed by atoms with Crippen LogP contribution in [-0.4, -0.2) is 70.9 Å². The van der Waals surface area contributed by atoms with Crippen LogP contribution in [0.2, 0.25) is 0 Å². The predicted octanol–water partition coefficient (Wildman–Crippen LogP) is 0.634. The van der Waals surface area contributed by atoms with Crippen molar-refractivity contribution in [3.63, 3.8) is 0 Å². The van der Waals surface area contributed by atoms with Crippen LogP contribution in [0.5, 0.6) is 0 Å². The van der Waals surface area contributed by atoms with Crippen LogP contribution in [0.4, 0.5) is 0 Å². The molecule has 0 spiro atoms. The molecule has 2 aliphatic heterocycles. The van der Waals surface area contributed by atoms with E-state index in [1.54, 1.807) is 12.4 Å². The standard InChI is InChI=1S/C21H29N3O5/c25-16-11-24(21(27)15-1-2-15)18-4-3-17(29-19(18)13-28-12-16)9-20(26)23-10-14-5-7-22-8-6-14/h5-8,15-19,25H,1-4,9-13H2,(H,23,26)/t16-,17-,18+,19-/m1/s1. The maximum Gasteiger partial charge on any atom is 0.226 e. The number of aromatic nitrogens is 1. The summed E-state index contributed by atoms with van der Waals surface area (Å²) < 4.78 is 11.8. The largest absolute Gasteiger partial charge is 0.389 e. The fourth-order valence-corrected chi connectivity index (χ4v) is 4.14. The summed E-state index contributed by atoms with van der Waals surface area (Å²) in [5.74, 6) is 0.163. The molecule has 158 valence electrons. The Hall–Kier alpha value is -2.03. The Balaban J connectivity index is 1.32. The smallest absolute Gasteiger partial charge is 0.226 e. The minimum Gasteiger partial charge on any atom is -0.389 e. The van der Waals surface area contributed by atoms with Gasteiger partial charge in [-0.05, 0) is 43.4 Å². The highest BCUT2D eigenvalue weighted by Gasteiger charge is 2.43. The monoisotopic (exact) mass is 403 g/mol. The maximum absolute atomic E-state index is 12.8. The van der Waals surface area contributed by atoms with Gasteiger partial charge in [-0.3, -0.25) is 14.6 Å². The molecule has 3 heterocycles. The van der Waals surface area contributed by atoms with E-state index in [0.717, 1.165) is 24.8 Å². The topological polar surface area (TPSA) is 101 Å². The summed E-state index contributed by atoms with van der Waals surface area (Å²) in [6.07, 6.45) is 5.87. The summed E-state index contributed by atoms with van der Waals surface area (Å²) in [7, 11) is 0. The lowest BCUT2D eigenvalue weighted by Crippen LogP contribution is -2.57. The SMILES string of the molecule is O=C(C[C@H]1CC[C@H]2[C@@H](COC[C@H](O)CN2C(=O)C2CC2)O1)NCc1ccncc1. The Morgan fingerprint density at radius 2 is 1.97 bits per heavy atom. The molecule has 8 heteroatoms. The first-order chi connectivity index (χ1) is 14.1. The second-order valence-electron chi connectivity index (χ2n) is 8.23. The first-order valence-corrected chi connectivity index (χ1v) is 10.5. The zero-order chi connectivity index (χ0) is 20.2. The molecule has 2 saturated heterocycles. The fraction of sp³-hybridized carbons (Fsp3) is 0.667. The number of hydrogen-bond donors (Lipinski definition) is 2. The van der Waals surface area contributed by atoms with Gasteiger partial charge in [-0.1, -0.05) is 0 Å². The molecule has 8 nitrogen and oxygen atoms in total. The molecule has 3 fully saturated rings. The Labute approximate surface area is 170 Å². The molecule has 4 atom stereocenters. The molecule has 2 amide bonds. The van der Waals surface area contributed by atoms with Gasteiger partial charge in [-0.25, -0.2) is 0 Å². The Bertz CT molecular complexity index is 712. The van der Waals surface area contributed by atoms with Gasteiger partial charge in [0.2, 0.25) is 11.8 Å². The lowest BCUT2D eigenvalue weighted by Gasteiger charge is -2.44. The number of carbonyl (C=O) groups is 2. The highest BCUT2D eigenvalue weighted by atomic mass is 16.5. The van der Waals surface area contributed by atoms with E-state index in [1.165, 1.54) is 0 Å².